The van der Waals surface area contributed by atoms with E-state index in [2.05, 4.69) is 10.6 Å². The Hall–Kier alpha value is -1.66. The highest BCUT2D eigenvalue weighted by Crippen LogP contribution is 2.48. The number of fused-ring (bicyclic) bond motifs is 2. The summed E-state index contributed by atoms with van der Waals surface area (Å²) in [5.74, 6) is 0.889. The normalized spacial score (nSPS) is 29.5. The van der Waals surface area contributed by atoms with Crippen LogP contribution < -0.4 is 10.6 Å². The number of aliphatic hydroxyl groups excluding tert-OH is 1. The van der Waals surface area contributed by atoms with Crippen LogP contribution in [-0.4, -0.2) is 37.4 Å². The molecule has 3 rings (SSSR count). The molecule has 0 radical (unpaired) electrons. The van der Waals surface area contributed by atoms with Crippen LogP contribution in [0, 0.1) is 23.6 Å². The molecule has 5 unspecified atom stereocenters. The van der Waals surface area contributed by atoms with Crippen molar-refractivity contribution in [2.45, 2.75) is 31.4 Å². The molecule has 2 bridgehead atoms. The SMILES string of the molecule is COC(CNC(=O)NC1C2CCC(C2)C1CO)c1ccc(F)cc1. The van der Waals surface area contributed by atoms with Gasteiger partial charge in [-0.25, -0.2) is 9.18 Å². The highest BCUT2D eigenvalue weighted by molar-refractivity contribution is 5.74. The highest BCUT2D eigenvalue weighted by Gasteiger charge is 2.47. The van der Waals surface area contributed by atoms with Crippen molar-refractivity contribution < 1.29 is 19.0 Å². The Bertz CT molecular complexity index is 566. The summed E-state index contributed by atoms with van der Waals surface area (Å²) in [6.45, 7) is 0.432. The van der Waals surface area contributed by atoms with Crippen molar-refractivity contribution >= 4 is 6.03 Å². The molecule has 5 nitrogen and oxygen atoms in total. The van der Waals surface area contributed by atoms with Gasteiger partial charge in [0.2, 0.25) is 0 Å². The van der Waals surface area contributed by atoms with Crippen LogP contribution >= 0.6 is 0 Å². The smallest absolute Gasteiger partial charge is 0.315 e. The van der Waals surface area contributed by atoms with E-state index in [9.17, 15) is 14.3 Å². The first-order chi connectivity index (χ1) is 11.6. The molecule has 1 aromatic carbocycles. The first-order valence-corrected chi connectivity index (χ1v) is 8.56. The van der Waals surface area contributed by atoms with Crippen LogP contribution in [0.5, 0.6) is 0 Å². The van der Waals surface area contributed by atoms with E-state index in [1.165, 1.54) is 12.1 Å². The van der Waals surface area contributed by atoms with Crippen LogP contribution in [0.2, 0.25) is 0 Å². The fourth-order valence-corrected chi connectivity index (χ4v) is 4.30. The summed E-state index contributed by atoms with van der Waals surface area (Å²) in [7, 11) is 1.56. The number of ether oxygens (including phenoxy) is 1. The Morgan fingerprint density at radius 3 is 2.71 bits per heavy atom. The van der Waals surface area contributed by atoms with E-state index in [1.54, 1.807) is 19.2 Å². The number of methoxy groups -OCH3 is 1. The van der Waals surface area contributed by atoms with Gasteiger partial charge in [0.05, 0.1) is 6.10 Å². The molecule has 0 aromatic heterocycles. The lowest BCUT2D eigenvalue weighted by Gasteiger charge is -2.30. The van der Waals surface area contributed by atoms with Gasteiger partial charge in [0.1, 0.15) is 5.82 Å². The lowest BCUT2D eigenvalue weighted by atomic mass is 9.85. The number of carbonyl (C=O) groups excluding carboxylic acids is 1. The predicted octanol–water partition coefficient (Wildman–Crippen LogP) is 2.22. The van der Waals surface area contributed by atoms with Crippen LogP contribution in [0.4, 0.5) is 9.18 Å². The second-order valence-corrected chi connectivity index (χ2v) is 6.84. The first-order valence-electron chi connectivity index (χ1n) is 8.56. The summed E-state index contributed by atoms with van der Waals surface area (Å²) in [6.07, 6.45) is 3.06. The molecule has 24 heavy (non-hydrogen) atoms. The van der Waals surface area contributed by atoms with Gasteiger partial charge < -0.3 is 20.5 Å². The largest absolute Gasteiger partial charge is 0.396 e. The molecule has 0 saturated heterocycles. The fraction of sp³-hybridized carbons (Fsp3) is 0.611. The monoisotopic (exact) mass is 336 g/mol. The summed E-state index contributed by atoms with van der Waals surface area (Å²) in [5.41, 5.74) is 0.812. The Morgan fingerprint density at radius 1 is 1.33 bits per heavy atom. The molecule has 132 valence electrons. The summed E-state index contributed by atoms with van der Waals surface area (Å²) in [5, 5.41) is 15.4. The number of halogens is 1. The molecule has 2 saturated carbocycles. The average molecular weight is 336 g/mol. The molecule has 3 N–H and O–H groups in total. The first kappa shape index (κ1) is 17.2. The Morgan fingerprint density at radius 2 is 2.04 bits per heavy atom. The molecule has 2 aliphatic carbocycles. The van der Waals surface area contributed by atoms with E-state index in [0.717, 1.165) is 24.8 Å². The van der Waals surface area contributed by atoms with Crippen LogP contribution in [-0.2, 0) is 4.74 Å². The van der Waals surface area contributed by atoms with Gasteiger partial charge in [-0.1, -0.05) is 12.1 Å². The van der Waals surface area contributed by atoms with Crippen molar-refractivity contribution in [1.82, 2.24) is 10.6 Å². The van der Waals surface area contributed by atoms with Gasteiger partial charge in [0, 0.05) is 32.2 Å². The highest BCUT2D eigenvalue weighted by atomic mass is 19.1. The number of aliphatic hydroxyl groups is 1. The lowest BCUT2D eigenvalue weighted by Crippen LogP contribution is -2.49. The van der Waals surface area contributed by atoms with Crippen LogP contribution in [0.3, 0.4) is 0 Å². The molecular weight excluding hydrogens is 311 g/mol. The van der Waals surface area contributed by atoms with Crippen molar-refractivity contribution in [2.24, 2.45) is 17.8 Å². The summed E-state index contributed by atoms with van der Waals surface area (Å²) >= 11 is 0. The van der Waals surface area contributed by atoms with E-state index < -0.39 is 0 Å². The van der Waals surface area contributed by atoms with Gasteiger partial charge in [-0.3, -0.25) is 0 Å². The van der Waals surface area contributed by atoms with Crippen molar-refractivity contribution in [2.75, 3.05) is 20.3 Å². The van der Waals surface area contributed by atoms with Crippen LogP contribution in [0.15, 0.2) is 24.3 Å². The molecule has 2 aliphatic rings. The van der Waals surface area contributed by atoms with Crippen LogP contribution in [0.25, 0.3) is 0 Å². The molecule has 5 atom stereocenters. The molecule has 2 amide bonds. The number of amides is 2. The number of nitrogens with one attached hydrogen (secondary N) is 2. The quantitative estimate of drug-likeness (QED) is 0.746. The van der Waals surface area contributed by atoms with E-state index >= 15 is 0 Å². The summed E-state index contributed by atoms with van der Waals surface area (Å²) in [6, 6.07) is 5.88. The summed E-state index contributed by atoms with van der Waals surface area (Å²) < 4.78 is 18.4. The van der Waals surface area contributed by atoms with Gasteiger partial charge in [0.25, 0.3) is 0 Å². The standard InChI is InChI=1S/C18H25FN2O3/c1-24-16(11-4-6-14(19)7-5-11)9-20-18(23)21-17-13-3-2-12(8-13)15(17)10-22/h4-7,12-13,15-17,22H,2-3,8-10H2,1H3,(H2,20,21,23). The van der Waals surface area contributed by atoms with Crippen molar-refractivity contribution in [3.05, 3.63) is 35.6 Å². The topological polar surface area (TPSA) is 70.6 Å². The average Bonchev–Trinajstić information content (AvgIpc) is 3.18. The van der Waals surface area contributed by atoms with Crippen molar-refractivity contribution in [1.29, 1.82) is 0 Å². The fourth-order valence-electron chi connectivity index (χ4n) is 4.30. The molecule has 2 fully saturated rings. The van der Waals surface area contributed by atoms with E-state index in [0.29, 0.717) is 18.4 Å². The van der Waals surface area contributed by atoms with E-state index in [-0.39, 0.29) is 36.5 Å². The molecule has 1 aromatic rings. The van der Waals surface area contributed by atoms with Gasteiger partial charge in [-0.2, -0.15) is 0 Å². The van der Waals surface area contributed by atoms with Gasteiger partial charge in [0.15, 0.2) is 0 Å². The van der Waals surface area contributed by atoms with Crippen LogP contribution in [0.1, 0.15) is 30.9 Å². The summed E-state index contributed by atoms with van der Waals surface area (Å²) in [4.78, 5) is 12.2. The molecule has 0 spiro atoms. The minimum Gasteiger partial charge on any atom is -0.396 e. The lowest BCUT2D eigenvalue weighted by molar-refractivity contribution is 0.102. The number of benzene rings is 1. The van der Waals surface area contributed by atoms with Gasteiger partial charge in [-0.05, 0) is 48.8 Å². The Balaban J connectivity index is 1.52. The third-order valence-electron chi connectivity index (χ3n) is 5.57. The molecule has 0 heterocycles. The van der Waals surface area contributed by atoms with Crippen molar-refractivity contribution in [3.63, 3.8) is 0 Å². The maximum atomic E-state index is 13.0. The second-order valence-electron chi connectivity index (χ2n) is 6.84. The molecule has 0 aliphatic heterocycles. The van der Waals surface area contributed by atoms with Gasteiger partial charge in [-0.15, -0.1) is 0 Å². The number of hydrogen-bond acceptors (Lipinski definition) is 3. The zero-order valence-electron chi connectivity index (χ0n) is 13.9. The van der Waals surface area contributed by atoms with Gasteiger partial charge >= 0.3 is 6.03 Å². The number of urea groups is 1. The van der Waals surface area contributed by atoms with Crippen molar-refractivity contribution in [3.8, 4) is 0 Å². The third kappa shape index (κ3) is 3.54. The Kier molecular flexibility index (Phi) is 5.36. The number of rotatable bonds is 6. The second kappa shape index (κ2) is 7.49. The molecular formula is C18H25FN2O3. The minimum absolute atomic E-state index is 0.0561. The van der Waals surface area contributed by atoms with E-state index in [4.69, 9.17) is 4.74 Å². The van der Waals surface area contributed by atoms with E-state index in [1.807, 2.05) is 0 Å². The predicted molar refractivity (Wildman–Crippen MR) is 87.9 cm³/mol. The third-order valence-corrected chi connectivity index (χ3v) is 5.57. The number of carbonyl (C=O) groups is 1. The Labute approximate surface area is 141 Å². The maximum Gasteiger partial charge on any atom is 0.315 e. The minimum atomic E-state index is -0.329. The number of hydrogen-bond donors (Lipinski definition) is 3. The maximum absolute atomic E-state index is 13.0. The molecule has 6 heteroatoms. The zero-order chi connectivity index (χ0) is 17.1. The zero-order valence-corrected chi connectivity index (χ0v) is 13.9.